The summed E-state index contributed by atoms with van der Waals surface area (Å²) >= 11 is 0. The van der Waals surface area contributed by atoms with E-state index in [0.29, 0.717) is 0 Å². The van der Waals surface area contributed by atoms with Crippen molar-refractivity contribution in [3.05, 3.63) is 35.9 Å². The summed E-state index contributed by atoms with van der Waals surface area (Å²) in [7, 11) is 0. The van der Waals surface area contributed by atoms with Crippen LogP contribution in [0.15, 0.2) is 30.3 Å². The lowest BCUT2D eigenvalue weighted by atomic mass is 10.0. The van der Waals surface area contributed by atoms with E-state index in [0.717, 1.165) is 19.6 Å². The maximum Gasteiger partial charge on any atom is 0.317 e. The van der Waals surface area contributed by atoms with Gasteiger partial charge in [0.1, 0.15) is 0 Å². The Balaban J connectivity index is 2.13. The zero-order valence-electron chi connectivity index (χ0n) is 9.10. The van der Waals surface area contributed by atoms with Gasteiger partial charge in [0.25, 0.3) is 0 Å². The quantitative estimate of drug-likeness (QED) is 0.788. The SMILES string of the molecule is O=C(O)CN1CCNC[C@H]1c1ccccc1. The monoisotopic (exact) mass is 220 g/mol. The molecule has 0 saturated carbocycles. The van der Waals surface area contributed by atoms with E-state index < -0.39 is 5.97 Å². The Morgan fingerprint density at radius 2 is 2.19 bits per heavy atom. The van der Waals surface area contributed by atoms with Crippen molar-refractivity contribution < 1.29 is 9.90 Å². The minimum Gasteiger partial charge on any atom is -0.480 e. The molecule has 0 bridgehead atoms. The zero-order chi connectivity index (χ0) is 11.4. The lowest BCUT2D eigenvalue weighted by Gasteiger charge is -2.35. The predicted octanol–water partition coefficient (Wildman–Crippen LogP) is 0.717. The van der Waals surface area contributed by atoms with Crippen LogP contribution in [0.25, 0.3) is 0 Å². The Kier molecular flexibility index (Phi) is 3.54. The highest BCUT2D eigenvalue weighted by molar-refractivity contribution is 5.69. The predicted molar refractivity (Wildman–Crippen MR) is 61.3 cm³/mol. The van der Waals surface area contributed by atoms with Gasteiger partial charge in [-0.1, -0.05) is 30.3 Å². The van der Waals surface area contributed by atoms with E-state index in [2.05, 4.69) is 5.32 Å². The molecule has 2 N–H and O–H groups in total. The average Bonchev–Trinajstić information content (AvgIpc) is 2.30. The Labute approximate surface area is 94.9 Å². The van der Waals surface area contributed by atoms with Crippen molar-refractivity contribution >= 4 is 5.97 Å². The molecule has 1 aliphatic heterocycles. The Bertz CT molecular complexity index is 353. The number of aliphatic carboxylic acids is 1. The number of nitrogens with one attached hydrogen (secondary N) is 1. The van der Waals surface area contributed by atoms with Gasteiger partial charge < -0.3 is 10.4 Å². The van der Waals surface area contributed by atoms with E-state index in [-0.39, 0.29) is 12.6 Å². The van der Waals surface area contributed by atoms with Gasteiger partial charge in [0, 0.05) is 25.7 Å². The molecule has 1 aliphatic rings. The lowest BCUT2D eigenvalue weighted by Crippen LogP contribution is -2.47. The molecule has 0 aromatic heterocycles. The fourth-order valence-corrected chi connectivity index (χ4v) is 2.11. The molecule has 1 aromatic rings. The summed E-state index contributed by atoms with van der Waals surface area (Å²) in [5.41, 5.74) is 1.18. The molecular weight excluding hydrogens is 204 g/mol. The highest BCUT2D eigenvalue weighted by Gasteiger charge is 2.24. The number of carbonyl (C=O) groups is 1. The summed E-state index contributed by atoms with van der Waals surface area (Å²) in [6, 6.07) is 10.2. The van der Waals surface area contributed by atoms with Crippen LogP contribution in [0.1, 0.15) is 11.6 Å². The minimum absolute atomic E-state index is 0.112. The van der Waals surface area contributed by atoms with Gasteiger partial charge in [-0.15, -0.1) is 0 Å². The first kappa shape index (κ1) is 11.1. The largest absolute Gasteiger partial charge is 0.480 e. The Morgan fingerprint density at radius 3 is 2.88 bits per heavy atom. The van der Waals surface area contributed by atoms with Gasteiger partial charge in [-0.3, -0.25) is 9.69 Å². The zero-order valence-corrected chi connectivity index (χ0v) is 9.10. The fourth-order valence-electron chi connectivity index (χ4n) is 2.11. The second kappa shape index (κ2) is 5.09. The van der Waals surface area contributed by atoms with E-state index in [4.69, 9.17) is 5.11 Å². The van der Waals surface area contributed by atoms with Crippen LogP contribution >= 0.6 is 0 Å². The smallest absolute Gasteiger partial charge is 0.317 e. The molecule has 4 heteroatoms. The van der Waals surface area contributed by atoms with E-state index in [1.165, 1.54) is 5.56 Å². The molecule has 1 aromatic carbocycles. The molecule has 1 fully saturated rings. The molecule has 0 unspecified atom stereocenters. The Hall–Kier alpha value is -1.39. The van der Waals surface area contributed by atoms with Crippen LogP contribution in [0.3, 0.4) is 0 Å². The highest BCUT2D eigenvalue weighted by atomic mass is 16.4. The van der Waals surface area contributed by atoms with Crippen molar-refractivity contribution in [1.29, 1.82) is 0 Å². The molecule has 1 saturated heterocycles. The second-order valence-electron chi connectivity index (χ2n) is 3.99. The van der Waals surface area contributed by atoms with Crippen LogP contribution in [0.5, 0.6) is 0 Å². The molecule has 16 heavy (non-hydrogen) atoms. The number of rotatable bonds is 3. The van der Waals surface area contributed by atoms with Crippen LogP contribution in [-0.2, 0) is 4.79 Å². The molecule has 1 heterocycles. The van der Waals surface area contributed by atoms with Crippen molar-refractivity contribution in [3.8, 4) is 0 Å². The number of piperazine rings is 1. The first-order valence-corrected chi connectivity index (χ1v) is 5.49. The van der Waals surface area contributed by atoms with Gasteiger partial charge in [-0.05, 0) is 5.56 Å². The number of hydrogen-bond acceptors (Lipinski definition) is 3. The van der Waals surface area contributed by atoms with Crippen molar-refractivity contribution in [2.75, 3.05) is 26.2 Å². The standard InChI is InChI=1S/C12H16N2O2/c15-12(16)9-14-7-6-13-8-11(14)10-4-2-1-3-5-10/h1-5,11,13H,6-9H2,(H,15,16)/t11-/m0/s1. The number of benzene rings is 1. The maximum absolute atomic E-state index is 10.8. The van der Waals surface area contributed by atoms with Crippen LogP contribution in [0.2, 0.25) is 0 Å². The van der Waals surface area contributed by atoms with Gasteiger partial charge in [0.05, 0.1) is 6.54 Å². The molecule has 1 atom stereocenters. The molecule has 0 spiro atoms. The highest BCUT2D eigenvalue weighted by Crippen LogP contribution is 2.21. The number of hydrogen-bond donors (Lipinski definition) is 2. The average molecular weight is 220 g/mol. The molecule has 2 rings (SSSR count). The third kappa shape index (κ3) is 2.59. The first-order chi connectivity index (χ1) is 7.77. The fraction of sp³-hybridized carbons (Fsp3) is 0.417. The summed E-state index contributed by atoms with van der Waals surface area (Å²) in [6.07, 6.45) is 0. The van der Waals surface area contributed by atoms with Crippen molar-refractivity contribution in [2.24, 2.45) is 0 Å². The van der Waals surface area contributed by atoms with Crippen LogP contribution in [0, 0.1) is 0 Å². The number of nitrogens with zero attached hydrogens (tertiary/aromatic N) is 1. The molecular formula is C12H16N2O2. The molecule has 0 aliphatic carbocycles. The normalized spacial score (nSPS) is 21.9. The first-order valence-electron chi connectivity index (χ1n) is 5.49. The van der Waals surface area contributed by atoms with E-state index in [1.54, 1.807) is 0 Å². The summed E-state index contributed by atoms with van der Waals surface area (Å²) in [4.78, 5) is 12.8. The van der Waals surface area contributed by atoms with Gasteiger partial charge in [-0.2, -0.15) is 0 Å². The third-order valence-corrected chi connectivity index (χ3v) is 2.88. The second-order valence-corrected chi connectivity index (χ2v) is 3.99. The van der Waals surface area contributed by atoms with Gasteiger partial charge in [0.2, 0.25) is 0 Å². The van der Waals surface area contributed by atoms with Crippen LogP contribution in [-0.4, -0.2) is 42.2 Å². The number of carboxylic acid groups (broad SMARTS) is 1. The molecule has 4 nitrogen and oxygen atoms in total. The molecule has 0 radical (unpaired) electrons. The van der Waals surface area contributed by atoms with Crippen LogP contribution < -0.4 is 5.32 Å². The van der Waals surface area contributed by atoms with Crippen molar-refractivity contribution in [3.63, 3.8) is 0 Å². The van der Waals surface area contributed by atoms with E-state index in [1.807, 2.05) is 35.2 Å². The Morgan fingerprint density at radius 1 is 1.44 bits per heavy atom. The molecule has 86 valence electrons. The maximum atomic E-state index is 10.8. The van der Waals surface area contributed by atoms with E-state index >= 15 is 0 Å². The van der Waals surface area contributed by atoms with Gasteiger partial charge in [-0.25, -0.2) is 0 Å². The van der Waals surface area contributed by atoms with Crippen molar-refractivity contribution in [2.45, 2.75) is 6.04 Å². The summed E-state index contributed by atoms with van der Waals surface area (Å²) in [6.45, 7) is 2.57. The van der Waals surface area contributed by atoms with Gasteiger partial charge in [0.15, 0.2) is 0 Å². The molecule has 0 amide bonds. The summed E-state index contributed by atoms with van der Waals surface area (Å²) in [5.74, 6) is -0.761. The summed E-state index contributed by atoms with van der Waals surface area (Å²) in [5, 5.41) is 12.2. The minimum atomic E-state index is -0.761. The lowest BCUT2D eigenvalue weighted by molar-refractivity contribution is -0.139. The van der Waals surface area contributed by atoms with Crippen LogP contribution in [0.4, 0.5) is 0 Å². The van der Waals surface area contributed by atoms with Crippen molar-refractivity contribution in [1.82, 2.24) is 10.2 Å². The van der Waals surface area contributed by atoms with Gasteiger partial charge >= 0.3 is 5.97 Å². The van der Waals surface area contributed by atoms with E-state index in [9.17, 15) is 4.79 Å². The third-order valence-electron chi connectivity index (χ3n) is 2.88. The topological polar surface area (TPSA) is 52.6 Å². The number of carboxylic acids is 1. The summed E-state index contributed by atoms with van der Waals surface area (Å²) < 4.78 is 0.